The highest BCUT2D eigenvalue weighted by Crippen LogP contribution is 2.39. The van der Waals surface area contributed by atoms with E-state index < -0.39 is 0 Å². The molecule has 0 unspecified atom stereocenters. The summed E-state index contributed by atoms with van der Waals surface area (Å²) in [6, 6.07) is 10.5. The first-order valence-corrected chi connectivity index (χ1v) is 9.26. The van der Waals surface area contributed by atoms with Gasteiger partial charge in [-0.2, -0.15) is 0 Å². The standard InChI is InChI=1S/C20H28N2O2/c1-3-14(2)21-19(23)17-11-12-18(15-7-5-4-6-8-15)22(13-17)20(24)16-9-10-16/h4-8,14,16-18H,3,9-13H2,1-2H3,(H,21,23)/t14-,17+,18-/m0/s1. The average molecular weight is 328 g/mol. The molecule has 1 aromatic rings. The van der Waals surface area contributed by atoms with Gasteiger partial charge < -0.3 is 10.2 Å². The summed E-state index contributed by atoms with van der Waals surface area (Å²) in [5, 5.41) is 3.08. The predicted molar refractivity (Wildman–Crippen MR) is 94.2 cm³/mol. The lowest BCUT2D eigenvalue weighted by atomic mass is 9.88. The Bertz CT molecular complexity index is 583. The number of rotatable bonds is 5. The predicted octanol–water partition coefficient (Wildman–Crippen LogP) is 3.29. The monoisotopic (exact) mass is 328 g/mol. The number of carbonyl (C=O) groups excluding carboxylic acids is 2. The van der Waals surface area contributed by atoms with Gasteiger partial charge in [0.05, 0.1) is 12.0 Å². The smallest absolute Gasteiger partial charge is 0.226 e. The van der Waals surface area contributed by atoms with Crippen LogP contribution in [-0.2, 0) is 9.59 Å². The SMILES string of the molecule is CC[C@H](C)NC(=O)[C@@H]1CC[C@@H](c2ccccc2)N(C(=O)C2CC2)C1. The fourth-order valence-electron chi connectivity index (χ4n) is 3.48. The quantitative estimate of drug-likeness (QED) is 0.901. The molecule has 0 spiro atoms. The van der Waals surface area contributed by atoms with E-state index in [4.69, 9.17) is 0 Å². The van der Waals surface area contributed by atoms with Gasteiger partial charge in [0, 0.05) is 18.5 Å². The van der Waals surface area contributed by atoms with Crippen molar-refractivity contribution in [3.05, 3.63) is 35.9 Å². The van der Waals surface area contributed by atoms with Crippen LogP contribution in [0, 0.1) is 11.8 Å². The van der Waals surface area contributed by atoms with E-state index >= 15 is 0 Å². The molecular formula is C20H28N2O2. The summed E-state index contributed by atoms with van der Waals surface area (Å²) in [5.41, 5.74) is 1.19. The number of likely N-dealkylation sites (tertiary alicyclic amines) is 1. The molecule has 0 aromatic heterocycles. The first kappa shape index (κ1) is 17.0. The van der Waals surface area contributed by atoms with E-state index in [-0.39, 0.29) is 35.7 Å². The van der Waals surface area contributed by atoms with Crippen LogP contribution in [0.25, 0.3) is 0 Å². The Morgan fingerprint density at radius 3 is 2.42 bits per heavy atom. The van der Waals surface area contributed by atoms with Crippen LogP contribution in [0.15, 0.2) is 30.3 Å². The first-order valence-electron chi connectivity index (χ1n) is 9.26. The number of amides is 2. The topological polar surface area (TPSA) is 49.4 Å². The maximum atomic E-state index is 12.8. The second kappa shape index (κ2) is 7.37. The zero-order chi connectivity index (χ0) is 17.1. The molecule has 1 aliphatic heterocycles. The highest BCUT2D eigenvalue weighted by molar-refractivity contribution is 5.84. The Morgan fingerprint density at radius 1 is 1.12 bits per heavy atom. The van der Waals surface area contributed by atoms with Crippen LogP contribution in [0.4, 0.5) is 0 Å². The second-order valence-corrected chi connectivity index (χ2v) is 7.28. The molecule has 1 aliphatic carbocycles. The van der Waals surface area contributed by atoms with Crippen molar-refractivity contribution < 1.29 is 9.59 Å². The van der Waals surface area contributed by atoms with E-state index in [1.54, 1.807) is 0 Å². The number of benzene rings is 1. The molecule has 4 nitrogen and oxygen atoms in total. The average Bonchev–Trinajstić information content (AvgIpc) is 3.46. The van der Waals surface area contributed by atoms with Crippen molar-refractivity contribution in [2.75, 3.05) is 6.54 Å². The Kier molecular flexibility index (Phi) is 5.22. The molecule has 130 valence electrons. The molecule has 3 atom stereocenters. The van der Waals surface area contributed by atoms with Crippen LogP contribution in [0.1, 0.15) is 57.6 Å². The van der Waals surface area contributed by atoms with Crippen molar-refractivity contribution in [1.82, 2.24) is 10.2 Å². The van der Waals surface area contributed by atoms with Gasteiger partial charge in [-0.3, -0.25) is 9.59 Å². The van der Waals surface area contributed by atoms with E-state index in [2.05, 4.69) is 24.4 Å². The number of hydrogen-bond donors (Lipinski definition) is 1. The van der Waals surface area contributed by atoms with Gasteiger partial charge in [-0.15, -0.1) is 0 Å². The molecule has 1 saturated carbocycles. The van der Waals surface area contributed by atoms with Crippen molar-refractivity contribution in [3.63, 3.8) is 0 Å². The minimum Gasteiger partial charge on any atom is -0.353 e. The molecule has 2 amide bonds. The Hall–Kier alpha value is -1.84. The van der Waals surface area contributed by atoms with Crippen LogP contribution in [0.5, 0.6) is 0 Å². The maximum Gasteiger partial charge on any atom is 0.226 e. The second-order valence-electron chi connectivity index (χ2n) is 7.28. The largest absolute Gasteiger partial charge is 0.353 e. The molecule has 1 aromatic carbocycles. The highest BCUT2D eigenvalue weighted by Gasteiger charge is 2.41. The van der Waals surface area contributed by atoms with Crippen molar-refractivity contribution in [2.24, 2.45) is 11.8 Å². The molecule has 2 aliphatic rings. The van der Waals surface area contributed by atoms with Crippen molar-refractivity contribution >= 4 is 11.8 Å². The molecule has 0 bridgehead atoms. The minimum atomic E-state index is -0.0818. The van der Waals surface area contributed by atoms with Crippen molar-refractivity contribution in [1.29, 1.82) is 0 Å². The molecule has 3 rings (SSSR count). The fourth-order valence-corrected chi connectivity index (χ4v) is 3.48. The van der Waals surface area contributed by atoms with E-state index in [9.17, 15) is 9.59 Å². The summed E-state index contributed by atoms with van der Waals surface area (Å²) in [6.45, 7) is 4.65. The van der Waals surface area contributed by atoms with Gasteiger partial charge in [-0.05, 0) is 44.6 Å². The van der Waals surface area contributed by atoms with E-state index in [0.29, 0.717) is 6.54 Å². The van der Waals surface area contributed by atoms with E-state index in [1.807, 2.05) is 30.0 Å². The van der Waals surface area contributed by atoms with Crippen LogP contribution >= 0.6 is 0 Å². The van der Waals surface area contributed by atoms with Crippen molar-refractivity contribution in [3.8, 4) is 0 Å². The summed E-state index contributed by atoms with van der Waals surface area (Å²) in [5.74, 6) is 0.448. The van der Waals surface area contributed by atoms with Crippen LogP contribution in [-0.4, -0.2) is 29.3 Å². The molecule has 0 radical (unpaired) electrons. The molecular weight excluding hydrogens is 300 g/mol. The van der Waals surface area contributed by atoms with E-state index in [1.165, 1.54) is 5.56 Å². The summed E-state index contributed by atoms with van der Waals surface area (Å²) in [6.07, 6.45) is 4.63. The lowest BCUT2D eigenvalue weighted by molar-refractivity contribution is -0.140. The Balaban J connectivity index is 1.74. The summed E-state index contributed by atoms with van der Waals surface area (Å²) in [4.78, 5) is 27.3. The maximum absolute atomic E-state index is 12.8. The normalized spacial score (nSPS) is 25.2. The molecule has 2 fully saturated rings. The highest BCUT2D eigenvalue weighted by atomic mass is 16.2. The number of piperidine rings is 1. The third-order valence-corrected chi connectivity index (χ3v) is 5.35. The van der Waals surface area contributed by atoms with Crippen LogP contribution in [0.3, 0.4) is 0 Å². The number of nitrogens with one attached hydrogen (secondary N) is 1. The summed E-state index contributed by atoms with van der Waals surface area (Å²) < 4.78 is 0. The molecule has 1 heterocycles. The fraction of sp³-hybridized carbons (Fsp3) is 0.600. The van der Waals surface area contributed by atoms with Gasteiger partial charge in [-0.25, -0.2) is 0 Å². The van der Waals surface area contributed by atoms with Gasteiger partial charge in [0.1, 0.15) is 0 Å². The molecule has 4 heteroatoms. The van der Waals surface area contributed by atoms with Gasteiger partial charge in [0.15, 0.2) is 0 Å². The summed E-state index contributed by atoms with van der Waals surface area (Å²) >= 11 is 0. The summed E-state index contributed by atoms with van der Waals surface area (Å²) in [7, 11) is 0. The van der Waals surface area contributed by atoms with Gasteiger partial charge in [0.2, 0.25) is 11.8 Å². The van der Waals surface area contributed by atoms with Gasteiger partial charge in [-0.1, -0.05) is 37.3 Å². The molecule has 1 saturated heterocycles. The lowest BCUT2D eigenvalue weighted by Gasteiger charge is -2.40. The molecule has 1 N–H and O–H groups in total. The van der Waals surface area contributed by atoms with Crippen LogP contribution in [0.2, 0.25) is 0 Å². The number of nitrogens with zero attached hydrogens (tertiary/aromatic N) is 1. The van der Waals surface area contributed by atoms with E-state index in [0.717, 1.165) is 32.1 Å². The first-order chi connectivity index (χ1) is 11.6. The third kappa shape index (κ3) is 3.80. The number of carbonyl (C=O) groups is 2. The molecule has 24 heavy (non-hydrogen) atoms. The Labute approximate surface area is 144 Å². The third-order valence-electron chi connectivity index (χ3n) is 5.35. The minimum absolute atomic E-state index is 0.0818. The van der Waals surface area contributed by atoms with Crippen LogP contribution < -0.4 is 5.32 Å². The van der Waals surface area contributed by atoms with Gasteiger partial charge in [0.25, 0.3) is 0 Å². The van der Waals surface area contributed by atoms with Gasteiger partial charge >= 0.3 is 0 Å². The van der Waals surface area contributed by atoms with Crippen molar-refractivity contribution in [2.45, 2.75) is 58.0 Å². The zero-order valence-corrected chi connectivity index (χ0v) is 14.7. The number of hydrogen-bond acceptors (Lipinski definition) is 2. The lowest BCUT2D eigenvalue weighted by Crippen LogP contribution is -2.48. The Morgan fingerprint density at radius 2 is 1.79 bits per heavy atom. The zero-order valence-electron chi connectivity index (χ0n) is 14.7.